The van der Waals surface area contributed by atoms with Gasteiger partial charge in [0.2, 0.25) is 0 Å². The molecule has 1 aromatic rings. The van der Waals surface area contributed by atoms with E-state index in [-0.39, 0.29) is 0 Å². The van der Waals surface area contributed by atoms with Crippen LogP contribution >= 0.6 is 11.8 Å². The summed E-state index contributed by atoms with van der Waals surface area (Å²) < 4.78 is 0. The molecular weight excluding hydrogens is 188 g/mol. The monoisotopic (exact) mass is 206 g/mol. The molecule has 0 atom stereocenters. The third kappa shape index (κ3) is 2.78. The zero-order chi connectivity index (χ0) is 9.97. The second kappa shape index (κ2) is 4.39. The third-order valence-corrected chi connectivity index (χ3v) is 3.93. The lowest BCUT2D eigenvalue weighted by Crippen LogP contribution is -1.87. The van der Waals surface area contributed by atoms with Gasteiger partial charge in [0.25, 0.3) is 0 Å². The van der Waals surface area contributed by atoms with E-state index in [0.717, 1.165) is 5.92 Å². The van der Waals surface area contributed by atoms with Crippen molar-refractivity contribution >= 4 is 11.8 Å². The summed E-state index contributed by atoms with van der Waals surface area (Å²) >= 11 is 2.02. The smallest absolute Gasteiger partial charge is 0.00748 e. The van der Waals surface area contributed by atoms with Crippen molar-refractivity contribution in [3.8, 4) is 0 Å². The molecule has 76 valence electrons. The van der Waals surface area contributed by atoms with Crippen molar-refractivity contribution in [2.24, 2.45) is 5.92 Å². The molecule has 1 aliphatic rings. The van der Waals surface area contributed by atoms with Crippen molar-refractivity contribution in [1.82, 2.24) is 0 Å². The predicted molar refractivity (Wildman–Crippen MR) is 64.0 cm³/mol. The van der Waals surface area contributed by atoms with E-state index in [1.54, 1.807) is 0 Å². The van der Waals surface area contributed by atoms with E-state index < -0.39 is 0 Å². The number of hydrogen-bond acceptors (Lipinski definition) is 1. The molecule has 0 amide bonds. The lowest BCUT2D eigenvalue weighted by atomic mass is 10.0. The van der Waals surface area contributed by atoms with Gasteiger partial charge in [-0.2, -0.15) is 0 Å². The third-order valence-electron chi connectivity index (χ3n) is 2.71. The van der Waals surface area contributed by atoms with E-state index >= 15 is 0 Å². The lowest BCUT2D eigenvalue weighted by molar-refractivity contribution is 0.862. The van der Waals surface area contributed by atoms with Crippen LogP contribution in [0.15, 0.2) is 29.2 Å². The van der Waals surface area contributed by atoms with Crippen molar-refractivity contribution in [1.29, 1.82) is 0 Å². The van der Waals surface area contributed by atoms with Crippen LogP contribution in [-0.4, -0.2) is 5.75 Å². The Morgan fingerprint density at radius 3 is 2.79 bits per heavy atom. The highest BCUT2D eigenvalue weighted by Gasteiger charge is 2.20. The molecule has 0 unspecified atom stereocenters. The van der Waals surface area contributed by atoms with Gasteiger partial charge in [0.1, 0.15) is 0 Å². The Bertz CT molecular complexity index is 300. The topological polar surface area (TPSA) is 0 Å². The van der Waals surface area contributed by atoms with Gasteiger partial charge in [0.05, 0.1) is 0 Å². The SMILES string of the molecule is CC(C)c1cccc(SCC2CC2)c1. The number of rotatable bonds is 4. The quantitative estimate of drug-likeness (QED) is 0.661. The molecule has 14 heavy (non-hydrogen) atoms. The van der Waals surface area contributed by atoms with Crippen LogP contribution in [0.25, 0.3) is 0 Å². The fraction of sp³-hybridized carbons (Fsp3) is 0.538. The van der Waals surface area contributed by atoms with Crippen molar-refractivity contribution in [2.75, 3.05) is 5.75 Å². The van der Waals surface area contributed by atoms with E-state index in [4.69, 9.17) is 0 Å². The first-order chi connectivity index (χ1) is 6.75. The summed E-state index contributed by atoms with van der Waals surface area (Å²) in [6.45, 7) is 4.51. The maximum absolute atomic E-state index is 2.34. The van der Waals surface area contributed by atoms with Gasteiger partial charge in [0, 0.05) is 10.6 Å². The molecule has 0 radical (unpaired) electrons. The Labute approximate surface area is 91.1 Å². The van der Waals surface area contributed by atoms with E-state index in [0.29, 0.717) is 5.92 Å². The molecule has 0 aromatic heterocycles. The second-order valence-electron chi connectivity index (χ2n) is 4.48. The number of benzene rings is 1. The molecule has 1 aliphatic carbocycles. The molecule has 0 spiro atoms. The van der Waals surface area contributed by atoms with Crippen LogP contribution in [0, 0.1) is 5.92 Å². The molecule has 0 bridgehead atoms. The zero-order valence-electron chi connectivity index (χ0n) is 8.99. The molecule has 0 nitrogen and oxygen atoms in total. The van der Waals surface area contributed by atoms with Crippen LogP contribution in [-0.2, 0) is 0 Å². The molecule has 1 aromatic carbocycles. The molecule has 1 saturated carbocycles. The fourth-order valence-electron chi connectivity index (χ4n) is 1.46. The zero-order valence-corrected chi connectivity index (χ0v) is 9.81. The normalized spacial score (nSPS) is 16.2. The number of hydrogen-bond donors (Lipinski definition) is 0. The molecule has 2 rings (SSSR count). The Kier molecular flexibility index (Phi) is 3.17. The van der Waals surface area contributed by atoms with Gasteiger partial charge < -0.3 is 0 Å². The van der Waals surface area contributed by atoms with Gasteiger partial charge in [-0.25, -0.2) is 0 Å². The first-order valence-corrected chi connectivity index (χ1v) is 6.47. The average Bonchev–Trinajstić information content (AvgIpc) is 2.99. The summed E-state index contributed by atoms with van der Waals surface area (Å²) in [4.78, 5) is 1.45. The van der Waals surface area contributed by atoms with E-state index in [9.17, 15) is 0 Å². The largest absolute Gasteiger partial charge is 0.126 e. The van der Waals surface area contributed by atoms with Crippen LogP contribution in [0.4, 0.5) is 0 Å². The fourth-order valence-corrected chi connectivity index (χ4v) is 2.62. The van der Waals surface area contributed by atoms with Crippen LogP contribution in [0.1, 0.15) is 38.2 Å². The second-order valence-corrected chi connectivity index (χ2v) is 5.57. The molecule has 1 fully saturated rings. The van der Waals surface area contributed by atoms with E-state index in [1.165, 1.54) is 29.1 Å². The maximum atomic E-state index is 2.34. The highest BCUT2D eigenvalue weighted by atomic mass is 32.2. The van der Waals surface area contributed by atoms with Gasteiger partial charge in [0.15, 0.2) is 0 Å². The summed E-state index contributed by atoms with van der Waals surface area (Å²) in [5.41, 5.74) is 1.46. The first-order valence-electron chi connectivity index (χ1n) is 5.48. The van der Waals surface area contributed by atoms with E-state index in [2.05, 4.69) is 38.1 Å². The van der Waals surface area contributed by atoms with Crippen LogP contribution in [0.3, 0.4) is 0 Å². The standard InChI is InChI=1S/C13H18S/c1-10(2)12-4-3-5-13(8-12)14-9-11-6-7-11/h3-5,8,10-11H,6-7,9H2,1-2H3. The Morgan fingerprint density at radius 2 is 2.14 bits per heavy atom. The molecule has 0 saturated heterocycles. The minimum absolute atomic E-state index is 0.650. The summed E-state index contributed by atoms with van der Waals surface area (Å²) in [6.07, 6.45) is 2.91. The molecule has 0 aliphatic heterocycles. The van der Waals surface area contributed by atoms with Crippen molar-refractivity contribution < 1.29 is 0 Å². The first kappa shape index (κ1) is 10.1. The van der Waals surface area contributed by atoms with Crippen molar-refractivity contribution in [3.05, 3.63) is 29.8 Å². The molecular formula is C13H18S. The van der Waals surface area contributed by atoms with Gasteiger partial charge in [-0.3, -0.25) is 0 Å². The lowest BCUT2D eigenvalue weighted by Gasteiger charge is -2.07. The average molecular weight is 206 g/mol. The van der Waals surface area contributed by atoms with Gasteiger partial charge in [-0.15, -0.1) is 11.8 Å². The molecule has 1 heteroatoms. The Hall–Kier alpha value is -0.430. The van der Waals surface area contributed by atoms with Crippen LogP contribution in [0.5, 0.6) is 0 Å². The minimum Gasteiger partial charge on any atom is -0.126 e. The van der Waals surface area contributed by atoms with Crippen LogP contribution in [0.2, 0.25) is 0 Å². The van der Waals surface area contributed by atoms with E-state index in [1.807, 2.05) is 11.8 Å². The molecule has 0 N–H and O–H groups in total. The highest BCUT2D eigenvalue weighted by molar-refractivity contribution is 7.99. The summed E-state index contributed by atoms with van der Waals surface area (Å²) in [5.74, 6) is 2.99. The summed E-state index contributed by atoms with van der Waals surface area (Å²) in [6, 6.07) is 8.99. The van der Waals surface area contributed by atoms with Crippen LogP contribution < -0.4 is 0 Å². The van der Waals surface area contributed by atoms with Crippen molar-refractivity contribution in [2.45, 2.75) is 37.5 Å². The minimum atomic E-state index is 0.650. The van der Waals surface area contributed by atoms with Crippen molar-refractivity contribution in [3.63, 3.8) is 0 Å². The van der Waals surface area contributed by atoms with Gasteiger partial charge in [-0.1, -0.05) is 26.0 Å². The molecule has 0 heterocycles. The Balaban J connectivity index is 1.97. The predicted octanol–water partition coefficient (Wildman–Crippen LogP) is 4.31. The number of thioether (sulfide) groups is 1. The van der Waals surface area contributed by atoms with Gasteiger partial charge >= 0.3 is 0 Å². The maximum Gasteiger partial charge on any atom is 0.00748 e. The summed E-state index contributed by atoms with van der Waals surface area (Å²) in [5, 5.41) is 0. The summed E-state index contributed by atoms with van der Waals surface area (Å²) in [7, 11) is 0. The Morgan fingerprint density at radius 1 is 1.36 bits per heavy atom. The van der Waals surface area contributed by atoms with Gasteiger partial charge in [-0.05, 0) is 42.4 Å². The highest BCUT2D eigenvalue weighted by Crippen LogP contribution is 2.35.